The summed E-state index contributed by atoms with van der Waals surface area (Å²) in [4.78, 5) is 7.69. The van der Waals surface area contributed by atoms with Gasteiger partial charge in [0.25, 0.3) is 0 Å². The van der Waals surface area contributed by atoms with Crippen molar-refractivity contribution in [1.82, 2.24) is 4.90 Å². The maximum atomic E-state index is 8.01. The van der Waals surface area contributed by atoms with Crippen molar-refractivity contribution in [2.24, 2.45) is 4.99 Å². The number of hydrogen-bond donors (Lipinski definition) is 1. The van der Waals surface area contributed by atoms with E-state index in [1.165, 1.54) is 11.8 Å². The van der Waals surface area contributed by atoms with Crippen LogP contribution in [0.4, 0.5) is 0 Å². The first-order valence-electron chi connectivity index (χ1n) is 5.14. The molecule has 3 nitrogen and oxygen atoms in total. The fraction of sp³-hybridized carbons (Fsp3) is 0.273. The molecule has 2 aliphatic rings. The van der Waals surface area contributed by atoms with E-state index in [0.29, 0.717) is 5.17 Å². The van der Waals surface area contributed by atoms with E-state index in [4.69, 9.17) is 5.41 Å². The lowest BCUT2D eigenvalue weighted by molar-refractivity contribution is 0.551. The molecule has 3 rings (SSSR count). The third-order valence-electron chi connectivity index (χ3n) is 2.71. The summed E-state index contributed by atoms with van der Waals surface area (Å²) in [5.74, 6) is 0.956. The number of hydrogen-bond acceptors (Lipinski definition) is 3. The van der Waals surface area contributed by atoms with E-state index in [1.54, 1.807) is 0 Å². The quantitative estimate of drug-likeness (QED) is 0.799. The summed E-state index contributed by atoms with van der Waals surface area (Å²) in [6, 6.07) is 6.08. The lowest BCUT2D eigenvalue weighted by Gasteiger charge is -2.34. The van der Waals surface area contributed by atoms with Crippen LogP contribution in [-0.2, 0) is 0 Å². The molecule has 2 heterocycles. The number of amidine groups is 2. The highest BCUT2D eigenvalue weighted by Gasteiger charge is 2.30. The van der Waals surface area contributed by atoms with Crippen LogP contribution in [0.1, 0.15) is 12.0 Å². The molecule has 0 unspecified atom stereocenters. The molecule has 1 aromatic rings. The Balaban J connectivity index is 2.22. The number of benzene rings is 1. The molecule has 1 N–H and O–H groups in total. The summed E-state index contributed by atoms with van der Waals surface area (Å²) in [6.45, 7) is 1.77. The van der Waals surface area contributed by atoms with Crippen LogP contribution >= 0.6 is 27.7 Å². The summed E-state index contributed by atoms with van der Waals surface area (Å²) in [6.07, 6.45) is 1.03. The fourth-order valence-electron chi connectivity index (χ4n) is 1.98. The second-order valence-corrected chi connectivity index (χ2v) is 5.62. The smallest absolute Gasteiger partial charge is 0.166 e. The summed E-state index contributed by atoms with van der Waals surface area (Å²) < 4.78 is 1.07. The first-order chi connectivity index (χ1) is 7.77. The molecule has 82 valence electrons. The van der Waals surface area contributed by atoms with Crippen molar-refractivity contribution >= 4 is 38.7 Å². The normalized spacial score (nSPS) is 18.9. The van der Waals surface area contributed by atoms with Gasteiger partial charge in [0.15, 0.2) is 5.17 Å². The van der Waals surface area contributed by atoms with Crippen LogP contribution in [-0.4, -0.2) is 29.0 Å². The van der Waals surface area contributed by atoms with Crippen molar-refractivity contribution in [2.75, 3.05) is 13.1 Å². The second-order valence-electron chi connectivity index (χ2n) is 3.73. The largest absolute Gasteiger partial charge is 0.305 e. The van der Waals surface area contributed by atoms with Crippen LogP contribution in [0.3, 0.4) is 0 Å². The van der Waals surface area contributed by atoms with E-state index >= 15 is 0 Å². The highest BCUT2D eigenvalue weighted by molar-refractivity contribution is 9.10. The van der Waals surface area contributed by atoms with Gasteiger partial charge in [0, 0.05) is 28.0 Å². The molecule has 0 fully saturated rings. The highest BCUT2D eigenvalue weighted by Crippen LogP contribution is 2.36. The molecule has 0 aliphatic carbocycles. The SMILES string of the molecule is N=C1Sc2cccc(Br)c2C2=NCCCN12. The minimum absolute atomic E-state index is 0.587. The Kier molecular flexibility index (Phi) is 2.52. The van der Waals surface area contributed by atoms with Crippen LogP contribution < -0.4 is 0 Å². The van der Waals surface area contributed by atoms with Gasteiger partial charge in [-0.3, -0.25) is 10.4 Å². The molecule has 0 radical (unpaired) electrons. The molecular formula is C11H10BrN3S. The van der Waals surface area contributed by atoms with Crippen LogP contribution in [0.2, 0.25) is 0 Å². The second kappa shape index (κ2) is 3.89. The van der Waals surface area contributed by atoms with Crippen molar-refractivity contribution in [3.05, 3.63) is 28.2 Å². The van der Waals surface area contributed by atoms with Gasteiger partial charge >= 0.3 is 0 Å². The van der Waals surface area contributed by atoms with Crippen molar-refractivity contribution < 1.29 is 0 Å². The zero-order chi connectivity index (χ0) is 11.1. The zero-order valence-electron chi connectivity index (χ0n) is 8.53. The topological polar surface area (TPSA) is 39.5 Å². The Labute approximate surface area is 107 Å². The Hall–Kier alpha value is -0.810. The number of nitrogens with one attached hydrogen (secondary N) is 1. The molecule has 2 aliphatic heterocycles. The average molecular weight is 296 g/mol. The van der Waals surface area contributed by atoms with Crippen LogP contribution in [0.25, 0.3) is 0 Å². The summed E-state index contributed by atoms with van der Waals surface area (Å²) in [7, 11) is 0. The number of aliphatic imine (C=N–C) groups is 1. The summed E-state index contributed by atoms with van der Waals surface area (Å²) in [5.41, 5.74) is 1.14. The molecule has 1 aromatic carbocycles. The number of halogens is 1. The van der Waals surface area contributed by atoms with Gasteiger partial charge in [-0.2, -0.15) is 0 Å². The predicted molar refractivity (Wildman–Crippen MR) is 70.5 cm³/mol. The Morgan fingerprint density at radius 3 is 3.19 bits per heavy atom. The van der Waals surface area contributed by atoms with E-state index in [9.17, 15) is 0 Å². The van der Waals surface area contributed by atoms with Gasteiger partial charge in [0.2, 0.25) is 0 Å². The van der Waals surface area contributed by atoms with Crippen molar-refractivity contribution in [1.29, 1.82) is 5.41 Å². The molecule has 0 saturated heterocycles. The molecule has 5 heteroatoms. The van der Waals surface area contributed by atoms with Gasteiger partial charge in [0.05, 0.1) is 0 Å². The third-order valence-corrected chi connectivity index (χ3v) is 4.34. The van der Waals surface area contributed by atoms with E-state index in [1.807, 2.05) is 23.1 Å². The van der Waals surface area contributed by atoms with Crippen molar-refractivity contribution in [3.8, 4) is 0 Å². The molecule has 0 bridgehead atoms. The first kappa shape index (κ1) is 10.4. The minimum atomic E-state index is 0.587. The maximum absolute atomic E-state index is 8.01. The molecule has 0 atom stereocenters. The first-order valence-corrected chi connectivity index (χ1v) is 6.75. The molecule has 0 spiro atoms. The number of rotatable bonds is 0. The number of fused-ring (bicyclic) bond motifs is 3. The van der Waals surface area contributed by atoms with Gasteiger partial charge in [0.1, 0.15) is 5.84 Å². The van der Waals surface area contributed by atoms with Crippen LogP contribution in [0, 0.1) is 5.41 Å². The van der Waals surface area contributed by atoms with Gasteiger partial charge in [-0.05, 0) is 34.5 Å². The van der Waals surface area contributed by atoms with Crippen molar-refractivity contribution in [2.45, 2.75) is 11.3 Å². The van der Waals surface area contributed by atoms with Gasteiger partial charge < -0.3 is 4.90 Å². The molecule has 16 heavy (non-hydrogen) atoms. The minimum Gasteiger partial charge on any atom is -0.305 e. The molecule has 0 aromatic heterocycles. The number of thioether (sulfide) groups is 1. The van der Waals surface area contributed by atoms with Gasteiger partial charge in [-0.25, -0.2) is 0 Å². The standard InChI is InChI=1S/C11H10BrN3S/c12-7-3-1-4-8-9(7)10-14-5-2-6-15(10)11(13)16-8/h1,3-4,13H,2,5-6H2. The van der Waals surface area contributed by atoms with E-state index in [-0.39, 0.29) is 0 Å². The van der Waals surface area contributed by atoms with Gasteiger partial charge in [-0.15, -0.1) is 0 Å². The Bertz CT molecular complexity index is 498. The van der Waals surface area contributed by atoms with Crippen molar-refractivity contribution in [3.63, 3.8) is 0 Å². The number of nitrogens with zero attached hydrogens (tertiary/aromatic N) is 2. The molecule has 0 amide bonds. The van der Waals surface area contributed by atoms with Gasteiger partial charge in [-0.1, -0.05) is 17.8 Å². The summed E-state index contributed by atoms with van der Waals surface area (Å²) >= 11 is 5.08. The zero-order valence-corrected chi connectivity index (χ0v) is 10.9. The van der Waals surface area contributed by atoms with E-state index in [2.05, 4.69) is 20.9 Å². The Morgan fingerprint density at radius 2 is 2.31 bits per heavy atom. The average Bonchev–Trinajstić information content (AvgIpc) is 2.29. The lowest BCUT2D eigenvalue weighted by atomic mass is 10.1. The third kappa shape index (κ3) is 1.50. The van der Waals surface area contributed by atoms with E-state index < -0.39 is 0 Å². The van der Waals surface area contributed by atoms with Crippen LogP contribution in [0.5, 0.6) is 0 Å². The van der Waals surface area contributed by atoms with E-state index in [0.717, 1.165) is 40.3 Å². The monoisotopic (exact) mass is 295 g/mol. The molecule has 0 saturated carbocycles. The Morgan fingerprint density at radius 1 is 1.44 bits per heavy atom. The maximum Gasteiger partial charge on any atom is 0.166 e. The fourth-order valence-corrected chi connectivity index (χ4v) is 3.60. The highest BCUT2D eigenvalue weighted by atomic mass is 79.9. The summed E-state index contributed by atoms with van der Waals surface area (Å²) in [5, 5.41) is 8.59. The lowest BCUT2D eigenvalue weighted by Crippen LogP contribution is -2.42. The molecular weight excluding hydrogens is 286 g/mol. The predicted octanol–water partition coefficient (Wildman–Crippen LogP) is 2.94. The van der Waals surface area contributed by atoms with Crippen LogP contribution in [0.15, 0.2) is 32.6 Å².